The van der Waals surface area contributed by atoms with Crippen LogP contribution in [0.3, 0.4) is 0 Å². The fourth-order valence-electron chi connectivity index (χ4n) is 3.20. The molecule has 0 saturated carbocycles. The Labute approximate surface area is 143 Å². The van der Waals surface area contributed by atoms with Crippen LogP contribution in [0, 0.1) is 12.8 Å². The van der Waals surface area contributed by atoms with Gasteiger partial charge in [0, 0.05) is 32.0 Å². The quantitative estimate of drug-likeness (QED) is 0.917. The van der Waals surface area contributed by atoms with Crippen LogP contribution in [0.2, 0.25) is 0 Å². The first-order chi connectivity index (χ1) is 11.7. The second kappa shape index (κ2) is 7.90. The minimum absolute atomic E-state index is 0.0262. The van der Waals surface area contributed by atoms with Gasteiger partial charge in [-0.2, -0.15) is 0 Å². The molecular weight excluding hydrogens is 300 g/mol. The van der Waals surface area contributed by atoms with Crippen molar-refractivity contribution in [3.63, 3.8) is 0 Å². The molecule has 1 saturated heterocycles. The highest BCUT2D eigenvalue weighted by molar-refractivity contribution is 5.79. The lowest BCUT2D eigenvalue weighted by Crippen LogP contribution is -2.43. The molecule has 1 aromatic heterocycles. The molecule has 1 atom stereocenters. The van der Waals surface area contributed by atoms with Crippen molar-refractivity contribution in [3.8, 4) is 0 Å². The summed E-state index contributed by atoms with van der Waals surface area (Å²) in [6.45, 7) is 4.43. The SMILES string of the molecule is Cc1cccc(CCNC(=O)[C@H]2CCCN(c3cnccn3)C2)c1. The summed E-state index contributed by atoms with van der Waals surface area (Å²) in [6, 6.07) is 8.43. The molecule has 1 aromatic carbocycles. The summed E-state index contributed by atoms with van der Waals surface area (Å²) in [7, 11) is 0. The predicted molar refractivity (Wildman–Crippen MR) is 94.9 cm³/mol. The molecule has 0 radical (unpaired) electrons. The van der Waals surface area contributed by atoms with Gasteiger partial charge in [0.1, 0.15) is 5.82 Å². The van der Waals surface area contributed by atoms with Gasteiger partial charge >= 0.3 is 0 Å². The molecule has 0 aliphatic carbocycles. The highest BCUT2D eigenvalue weighted by atomic mass is 16.1. The summed E-state index contributed by atoms with van der Waals surface area (Å²) in [5, 5.41) is 3.09. The van der Waals surface area contributed by atoms with Crippen LogP contribution in [-0.4, -0.2) is 35.5 Å². The lowest BCUT2D eigenvalue weighted by molar-refractivity contribution is -0.125. The number of benzene rings is 1. The highest BCUT2D eigenvalue weighted by Gasteiger charge is 2.26. The molecule has 5 nitrogen and oxygen atoms in total. The summed E-state index contributed by atoms with van der Waals surface area (Å²) >= 11 is 0. The number of anilines is 1. The van der Waals surface area contributed by atoms with Crippen LogP contribution >= 0.6 is 0 Å². The summed E-state index contributed by atoms with van der Waals surface area (Å²) in [4.78, 5) is 23.1. The van der Waals surface area contributed by atoms with Crippen molar-refractivity contribution >= 4 is 11.7 Å². The Morgan fingerprint density at radius 3 is 3.08 bits per heavy atom. The Balaban J connectivity index is 1.49. The van der Waals surface area contributed by atoms with Gasteiger partial charge in [0.05, 0.1) is 12.1 Å². The Morgan fingerprint density at radius 2 is 2.29 bits per heavy atom. The number of nitrogens with zero attached hydrogens (tertiary/aromatic N) is 3. The monoisotopic (exact) mass is 324 g/mol. The Bertz CT molecular complexity index is 674. The molecule has 126 valence electrons. The molecule has 1 amide bonds. The maximum atomic E-state index is 12.5. The van der Waals surface area contributed by atoms with E-state index in [4.69, 9.17) is 0 Å². The van der Waals surface area contributed by atoms with Gasteiger partial charge in [0.25, 0.3) is 0 Å². The fraction of sp³-hybridized carbons (Fsp3) is 0.421. The van der Waals surface area contributed by atoms with E-state index in [1.165, 1.54) is 11.1 Å². The van der Waals surface area contributed by atoms with Crippen molar-refractivity contribution in [1.82, 2.24) is 15.3 Å². The van der Waals surface area contributed by atoms with Crippen molar-refractivity contribution in [2.45, 2.75) is 26.2 Å². The summed E-state index contributed by atoms with van der Waals surface area (Å²) < 4.78 is 0. The minimum atomic E-state index is 0.0262. The van der Waals surface area contributed by atoms with E-state index in [-0.39, 0.29) is 11.8 Å². The van der Waals surface area contributed by atoms with Gasteiger partial charge < -0.3 is 10.2 Å². The summed E-state index contributed by atoms with van der Waals surface area (Å²) in [5.74, 6) is 1.03. The van der Waals surface area contributed by atoms with Gasteiger partial charge in [-0.05, 0) is 31.7 Å². The van der Waals surface area contributed by atoms with Crippen molar-refractivity contribution < 1.29 is 4.79 Å². The number of aryl methyl sites for hydroxylation is 1. The molecule has 0 spiro atoms. The molecule has 5 heteroatoms. The maximum Gasteiger partial charge on any atom is 0.224 e. The van der Waals surface area contributed by atoms with Crippen LogP contribution in [0.15, 0.2) is 42.9 Å². The van der Waals surface area contributed by atoms with Crippen LogP contribution < -0.4 is 10.2 Å². The number of aromatic nitrogens is 2. The molecule has 2 aromatic rings. The van der Waals surface area contributed by atoms with Crippen LogP contribution in [0.25, 0.3) is 0 Å². The van der Waals surface area contributed by atoms with E-state index in [2.05, 4.69) is 51.4 Å². The number of amides is 1. The minimum Gasteiger partial charge on any atom is -0.355 e. The Hall–Kier alpha value is -2.43. The predicted octanol–water partition coefficient (Wildman–Crippen LogP) is 2.36. The number of nitrogens with one attached hydrogen (secondary N) is 1. The van der Waals surface area contributed by atoms with Crippen molar-refractivity contribution in [3.05, 3.63) is 54.0 Å². The number of hydrogen-bond donors (Lipinski definition) is 1. The van der Waals surface area contributed by atoms with Gasteiger partial charge in [0.2, 0.25) is 5.91 Å². The third kappa shape index (κ3) is 4.31. The smallest absolute Gasteiger partial charge is 0.224 e. The number of piperidine rings is 1. The normalized spacial score (nSPS) is 17.5. The highest BCUT2D eigenvalue weighted by Crippen LogP contribution is 2.20. The lowest BCUT2D eigenvalue weighted by Gasteiger charge is -2.32. The molecule has 2 heterocycles. The molecule has 3 rings (SSSR count). The van der Waals surface area contributed by atoms with E-state index < -0.39 is 0 Å². The van der Waals surface area contributed by atoms with Crippen LogP contribution in [0.4, 0.5) is 5.82 Å². The lowest BCUT2D eigenvalue weighted by atomic mass is 9.97. The molecule has 1 N–H and O–H groups in total. The first-order valence-electron chi connectivity index (χ1n) is 8.56. The zero-order valence-electron chi connectivity index (χ0n) is 14.1. The second-order valence-electron chi connectivity index (χ2n) is 6.38. The number of hydrogen-bond acceptors (Lipinski definition) is 4. The Kier molecular flexibility index (Phi) is 5.41. The van der Waals surface area contributed by atoms with Crippen molar-refractivity contribution in [1.29, 1.82) is 0 Å². The maximum absolute atomic E-state index is 12.5. The van der Waals surface area contributed by atoms with Gasteiger partial charge in [-0.15, -0.1) is 0 Å². The molecular formula is C19H24N4O. The fourth-order valence-corrected chi connectivity index (χ4v) is 3.20. The van der Waals surface area contributed by atoms with E-state index in [1.807, 2.05) is 0 Å². The van der Waals surface area contributed by atoms with Crippen molar-refractivity contribution in [2.24, 2.45) is 5.92 Å². The van der Waals surface area contributed by atoms with Crippen LogP contribution in [0.1, 0.15) is 24.0 Å². The molecule has 1 aliphatic heterocycles. The zero-order chi connectivity index (χ0) is 16.8. The first-order valence-corrected chi connectivity index (χ1v) is 8.56. The largest absolute Gasteiger partial charge is 0.355 e. The Morgan fingerprint density at radius 1 is 1.38 bits per heavy atom. The van der Waals surface area contributed by atoms with E-state index in [1.54, 1.807) is 18.6 Å². The third-order valence-corrected chi connectivity index (χ3v) is 4.46. The molecule has 0 bridgehead atoms. The van der Waals surface area contributed by atoms with E-state index >= 15 is 0 Å². The second-order valence-corrected chi connectivity index (χ2v) is 6.38. The standard InChI is InChI=1S/C19H24N4O/c1-15-4-2-5-16(12-15)7-8-22-19(24)17-6-3-11-23(14-17)18-13-20-9-10-21-18/h2,4-5,9-10,12-13,17H,3,6-8,11,14H2,1H3,(H,22,24)/t17-/m0/s1. The third-order valence-electron chi connectivity index (χ3n) is 4.46. The van der Waals surface area contributed by atoms with E-state index in [0.29, 0.717) is 6.54 Å². The van der Waals surface area contributed by atoms with E-state index in [0.717, 1.165) is 38.2 Å². The number of rotatable bonds is 5. The van der Waals surface area contributed by atoms with Crippen molar-refractivity contribution in [2.75, 3.05) is 24.5 Å². The average Bonchev–Trinajstić information content (AvgIpc) is 2.62. The number of carbonyl (C=O) groups is 1. The van der Waals surface area contributed by atoms with Gasteiger partial charge in [-0.1, -0.05) is 29.8 Å². The van der Waals surface area contributed by atoms with E-state index in [9.17, 15) is 4.79 Å². The first kappa shape index (κ1) is 16.4. The van der Waals surface area contributed by atoms with Crippen LogP contribution in [0.5, 0.6) is 0 Å². The molecule has 24 heavy (non-hydrogen) atoms. The number of carbonyl (C=O) groups excluding carboxylic acids is 1. The van der Waals surface area contributed by atoms with Gasteiger partial charge in [-0.25, -0.2) is 4.98 Å². The van der Waals surface area contributed by atoms with Gasteiger partial charge in [0.15, 0.2) is 0 Å². The van der Waals surface area contributed by atoms with Crippen LogP contribution in [-0.2, 0) is 11.2 Å². The topological polar surface area (TPSA) is 58.1 Å². The zero-order valence-corrected chi connectivity index (χ0v) is 14.1. The van der Waals surface area contributed by atoms with Gasteiger partial charge in [-0.3, -0.25) is 9.78 Å². The molecule has 1 aliphatic rings. The molecule has 1 fully saturated rings. The molecule has 0 unspecified atom stereocenters. The average molecular weight is 324 g/mol. The summed E-state index contributed by atoms with van der Waals surface area (Å²) in [6.07, 6.45) is 7.94. The summed E-state index contributed by atoms with van der Waals surface area (Å²) in [5.41, 5.74) is 2.52.